The molecule has 4 aromatic rings. The van der Waals surface area contributed by atoms with Crippen molar-refractivity contribution in [2.24, 2.45) is 0 Å². The maximum absolute atomic E-state index is 13.5. The summed E-state index contributed by atoms with van der Waals surface area (Å²) in [5.74, 6) is -0.428. The molecule has 2 saturated heterocycles. The predicted molar refractivity (Wildman–Crippen MR) is 224 cm³/mol. The first kappa shape index (κ1) is 46.1. The van der Waals surface area contributed by atoms with E-state index < -0.39 is 58.7 Å². The minimum atomic E-state index is -2.37. The molecule has 0 radical (unpaired) electrons. The molecule has 1 unspecified atom stereocenters. The Morgan fingerprint density at radius 2 is 1.51 bits per heavy atom. The van der Waals surface area contributed by atoms with Crippen LogP contribution in [0.4, 0.5) is 14.5 Å². The van der Waals surface area contributed by atoms with Gasteiger partial charge in [-0.05, 0) is 66.6 Å². The summed E-state index contributed by atoms with van der Waals surface area (Å²) >= 11 is 0. The van der Waals surface area contributed by atoms with Crippen molar-refractivity contribution in [3.63, 3.8) is 0 Å². The Bertz CT molecular complexity index is 2570. The summed E-state index contributed by atoms with van der Waals surface area (Å²) in [6, 6.07) is 12.9. The van der Waals surface area contributed by atoms with Crippen molar-refractivity contribution in [3.8, 4) is 11.8 Å². The Hall–Kier alpha value is -6.89. The molecule has 18 nitrogen and oxygen atoms in total. The van der Waals surface area contributed by atoms with Gasteiger partial charge < -0.3 is 44.6 Å². The van der Waals surface area contributed by atoms with Gasteiger partial charge in [0.1, 0.15) is 30.0 Å². The molecule has 0 aliphatic carbocycles. The lowest BCUT2D eigenvalue weighted by Crippen LogP contribution is -2.54. The number of hydrogen-bond acceptors (Lipinski definition) is 12. The van der Waals surface area contributed by atoms with Gasteiger partial charge in [0.2, 0.25) is 17.4 Å². The molecule has 0 bridgehead atoms. The van der Waals surface area contributed by atoms with Crippen LogP contribution >= 0.6 is 0 Å². The maximum Gasteiger partial charge on any atom is 0.268 e. The zero-order chi connectivity index (χ0) is 46.1. The third kappa shape index (κ3) is 10.9. The van der Waals surface area contributed by atoms with E-state index in [1.165, 1.54) is 17.0 Å². The van der Waals surface area contributed by atoms with Crippen molar-refractivity contribution in [1.29, 1.82) is 0 Å². The quantitative estimate of drug-likeness (QED) is 0.0390. The van der Waals surface area contributed by atoms with E-state index in [-0.39, 0.29) is 87.0 Å². The van der Waals surface area contributed by atoms with Crippen LogP contribution in [0.1, 0.15) is 61.6 Å². The molecule has 65 heavy (non-hydrogen) atoms. The van der Waals surface area contributed by atoms with E-state index in [2.05, 4.69) is 32.8 Å². The number of hydrogen-bond donors (Lipinski definition) is 5. The number of carbonyl (C=O) groups excluding carboxylic acids is 7. The molecule has 1 aromatic heterocycles. The number of piperidine rings is 1. The Labute approximate surface area is 369 Å². The molecular formula is C45H44F2N6O12. The van der Waals surface area contributed by atoms with Gasteiger partial charge in [0.25, 0.3) is 29.5 Å². The van der Waals surface area contributed by atoms with Gasteiger partial charge in [-0.1, -0.05) is 11.8 Å². The number of fused-ring (bicyclic) bond motifs is 2. The van der Waals surface area contributed by atoms with Gasteiger partial charge in [-0.3, -0.25) is 43.8 Å². The SMILES string of the molecule is O=C1CCC(N2C(=O)c3ccc(C#CCOCCOCCOCCOCCNC(=O)c4cc5cc(N6CC[C@](O)(C(=O)NCc7cc(F)cc(F)c7)C6=O)ccc5[nH]4)cc3C2=O)C(=O)N1. The first-order valence-corrected chi connectivity index (χ1v) is 20.7. The number of nitrogens with one attached hydrogen (secondary N) is 4. The van der Waals surface area contributed by atoms with Crippen molar-refractivity contribution < 1.29 is 66.4 Å². The van der Waals surface area contributed by atoms with Gasteiger partial charge in [-0.2, -0.15) is 0 Å². The van der Waals surface area contributed by atoms with Gasteiger partial charge in [0.05, 0.1) is 57.4 Å². The van der Waals surface area contributed by atoms with Gasteiger partial charge in [-0.25, -0.2) is 8.78 Å². The highest BCUT2D eigenvalue weighted by Gasteiger charge is 2.52. The van der Waals surface area contributed by atoms with E-state index in [0.29, 0.717) is 61.3 Å². The summed E-state index contributed by atoms with van der Waals surface area (Å²) in [5.41, 5.74) is -0.134. The number of H-pyrrole nitrogens is 1. The molecule has 340 valence electrons. The third-order valence-electron chi connectivity index (χ3n) is 10.7. The highest BCUT2D eigenvalue weighted by atomic mass is 19.1. The molecule has 5 N–H and O–H groups in total. The summed E-state index contributed by atoms with van der Waals surface area (Å²) in [6.45, 7) is 2.13. The second kappa shape index (κ2) is 20.7. The van der Waals surface area contributed by atoms with Gasteiger partial charge in [-0.15, -0.1) is 0 Å². The number of aromatic nitrogens is 1. The zero-order valence-electron chi connectivity index (χ0n) is 34.8. The fraction of sp³-hybridized carbons (Fsp3) is 0.356. The number of amides is 7. The molecule has 0 saturated carbocycles. The minimum absolute atomic E-state index is 0.0329. The van der Waals surface area contributed by atoms with E-state index in [1.807, 2.05) is 0 Å². The number of aliphatic hydroxyl groups is 1. The molecule has 2 fully saturated rings. The molecule has 20 heteroatoms. The molecule has 4 heterocycles. The lowest BCUT2D eigenvalue weighted by Gasteiger charge is -2.27. The van der Waals surface area contributed by atoms with Crippen LogP contribution in [0.3, 0.4) is 0 Å². The average Bonchev–Trinajstić information content (AvgIpc) is 3.92. The molecule has 3 aromatic carbocycles. The Morgan fingerprint density at radius 3 is 2.23 bits per heavy atom. The normalized spacial score (nSPS) is 18.2. The number of nitrogens with zero attached hydrogens (tertiary/aromatic N) is 2. The average molecular weight is 899 g/mol. The number of ether oxygens (including phenoxy) is 4. The first-order chi connectivity index (χ1) is 31.3. The Balaban J connectivity index is 0.722. The standard InChI is InChI=1S/C45H44F2N6O12/c46-30-20-28(21-31(47)25-30)26-49-43(59)45(61)9-11-52(44(45)60)32-4-6-35-29(23-32)24-36(50-35)39(55)48-10-13-63-15-17-65-19-18-64-16-14-62-12-1-2-27-3-5-33-34(22-27)42(58)53(41(33)57)37-7-8-38(54)51-40(37)56/h3-6,20-25,37,50,61H,7-19,26H2,(H,48,55)(H,49,59)(H,51,54,56)/t37?,45-/m0/s1. The molecule has 7 rings (SSSR count). The highest BCUT2D eigenvalue weighted by Crippen LogP contribution is 2.32. The molecule has 7 amide bonds. The third-order valence-corrected chi connectivity index (χ3v) is 10.7. The van der Waals surface area contributed by atoms with E-state index in [9.17, 15) is 47.4 Å². The molecule has 0 spiro atoms. The topological polar surface area (TPSA) is 235 Å². The number of rotatable bonds is 19. The Kier molecular flexibility index (Phi) is 14.7. The second-order valence-electron chi connectivity index (χ2n) is 15.1. The van der Waals surface area contributed by atoms with Crippen molar-refractivity contribution >= 4 is 57.9 Å². The molecule has 3 aliphatic rings. The van der Waals surface area contributed by atoms with Gasteiger partial charge >= 0.3 is 0 Å². The van der Waals surface area contributed by atoms with Crippen LogP contribution < -0.4 is 20.9 Å². The second-order valence-corrected chi connectivity index (χ2v) is 15.1. The maximum atomic E-state index is 13.5. The number of halogens is 2. The molecule has 2 atom stereocenters. The van der Waals surface area contributed by atoms with E-state index >= 15 is 0 Å². The number of anilines is 1. The van der Waals surface area contributed by atoms with Crippen LogP contribution in [0.15, 0.2) is 60.7 Å². The minimum Gasteiger partial charge on any atom is -0.377 e. The summed E-state index contributed by atoms with van der Waals surface area (Å²) in [7, 11) is 0. The summed E-state index contributed by atoms with van der Waals surface area (Å²) in [6.07, 6.45) is -0.0893. The summed E-state index contributed by atoms with van der Waals surface area (Å²) in [4.78, 5) is 93.6. The summed E-state index contributed by atoms with van der Waals surface area (Å²) < 4.78 is 49.0. The lowest BCUT2D eigenvalue weighted by molar-refractivity contribution is -0.149. The summed E-state index contributed by atoms with van der Waals surface area (Å²) in [5, 5.41) is 18.9. The Morgan fingerprint density at radius 1 is 0.815 bits per heavy atom. The first-order valence-electron chi connectivity index (χ1n) is 20.7. The van der Waals surface area contributed by atoms with Crippen LogP contribution in [0, 0.1) is 23.5 Å². The lowest BCUT2D eigenvalue weighted by atomic mass is 10.0. The fourth-order valence-corrected chi connectivity index (χ4v) is 7.42. The molecular weight excluding hydrogens is 855 g/mol. The van der Waals surface area contributed by atoms with Crippen molar-refractivity contribution in [1.82, 2.24) is 25.8 Å². The monoisotopic (exact) mass is 898 g/mol. The zero-order valence-corrected chi connectivity index (χ0v) is 34.8. The number of aromatic amines is 1. The fourth-order valence-electron chi connectivity index (χ4n) is 7.42. The van der Waals surface area contributed by atoms with Gasteiger partial charge in [0, 0.05) is 60.7 Å². The van der Waals surface area contributed by atoms with Crippen LogP contribution in [0.2, 0.25) is 0 Å². The molecule has 3 aliphatic heterocycles. The smallest absolute Gasteiger partial charge is 0.268 e. The van der Waals surface area contributed by atoms with Crippen molar-refractivity contribution in [2.75, 3.05) is 70.8 Å². The van der Waals surface area contributed by atoms with Crippen LogP contribution in [0.5, 0.6) is 0 Å². The van der Waals surface area contributed by atoms with E-state index in [4.69, 9.17) is 18.9 Å². The van der Waals surface area contributed by atoms with Gasteiger partial charge in [0.15, 0.2) is 0 Å². The van der Waals surface area contributed by atoms with Crippen molar-refractivity contribution in [2.45, 2.75) is 37.5 Å². The van der Waals surface area contributed by atoms with Crippen LogP contribution in [0.25, 0.3) is 10.9 Å². The van der Waals surface area contributed by atoms with Crippen molar-refractivity contribution in [3.05, 3.63) is 100 Å². The van der Waals surface area contributed by atoms with E-state index in [1.54, 1.807) is 30.3 Å². The van der Waals surface area contributed by atoms with E-state index in [0.717, 1.165) is 17.0 Å². The largest absolute Gasteiger partial charge is 0.377 e. The van der Waals surface area contributed by atoms with Crippen LogP contribution in [-0.4, -0.2) is 134 Å². The van der Waals surface area contributed by atoms with Crippen LogP contribution in [-0.2, 0) is 44.7 Å². The number of carbonyl (C=O) groups is 7. The highest BCUT2D eigenvalue weighted by molar-refractivity contribution is 6.23. The number of benzene rings is 3. The predicted octanol–water partition coefficient (Wildman–Crippen LogP) is 1.48. The number of imide groups is 2.